The van der Waals surface area contributed by atoms with Crippen molar-refractivity contribution in [2.45, 2.75) is 6.92 Å². The number of hydrogen-bond acceptors (Lipinski definition) is 2. The zero-order valence-electron chi connectivity index (χ0n) is 9.84. The van der Waals surface area contributed by atoms with Gasteiger partial charge in [-0.05, 0) is 44.0 Å². The van der Waals surface area contributed by atoms with Crippen LogP contribution in [0.3, 0.4) is 0 Å². The van der Waals surface area contributed by atoms with Crippen molar-refractivity contribution in [3.63, 3.8) is 0 Å². The number of benzene rings is 1. The second kappa shape index (κ2) is 7.12. The number of carbonyl (C=O) groups is 2. The van der Waals surface area contributed by atoms with Gasteiger partial charge >= 0.3 is 12.0 Å². The van der Waals surface area contributed by atoms with Gasteiger partial charge in [-0.15, -0.1) is 0 Å². The Labute approximate surface area is 132 Å². The molecule has 0 aliphatic heterocycles. The quantitative estimate of drug-likeness (QED) is 0.703. The van der Waals surface area contributed by atoms with Crippen LogP contribution in [0.4, 0.5) is 10.5 Å². The second-order valence-electron chi connectivity index (χ2n) is 3.82. The average Bonchev–Trinajstić information content (AvgIpc) is 2.30. The number of carbonyl (C=O) groups excluding carboxylic acids is 1. The summed E-state index contributed by atoms with van der Waals surface area (Å²) in [7, 11) is 0. The average molecular weight is 414 g/mol. The van der Waals surface area contributed by atoms with Crippen LogP contribution in [0.15, 0.2) is 21.1 Å². The fourth-order valence-electron chi connectivity index (χ4n) is 1.15. The Morgan fingerprint density at radius 2 is 1.89 bits per heavy atom. The molecule has 19 heavy (non-hydrogen) atoms. The predicted octanol–water partition coefficient (Wildman–Crippen LogP) is 3.71. The summed E-state index contributed by atoms with van der Waals surface area (Å²) in [5.41, 5.74) is 0.518. The molecule has 0 radical (unpaired) electrons. The topological polar surface area (TPSA) is 78.4 Å². The molecule has 0 saturated heterocycles. The number of aliphatic carboxylic acids is 1. The van der Waals surface area contributed by atoms with E-state index in [2.05, 4.69) is 42.5 Å². The third-order valence-electron chi connectivity index (χ3n) is 2.24. The fourth-order valence-corrected chi connectivity index (χ4v) is 3.02. The number of hydrogen-bond donors (Lipinski definition) is 3. The lowest BCUT2D eigenvalue weighted by atomic mass is 10.2. The molecule has 0 aromatic heterocycles. The van der Waals surface area contributed by atoms with Crippen molar-refractivity contribution >= 4 is 61.1 Å². The Morgan fingerprint density at radius 3 is 2.37 bits per heavy atom. The molecule has 1 aromatic rings. The van der Waals surface area contributed by atoms with Gasteiger partial charge in [0.05, 0.1) is 11.6 Å². The summed E-state index contributed by atoms with van der Waals surface area (Å²) in [5, 5.41) is 14.3. The molecule has 8 heteroatoms. The van der Waals surface area contributed by atoms with Crippen LogP contribution in [0.25, 0.3) is 0 Å². The maximum absolute atomic E-state index is 11.6. The van der Waals surface area contributed by atoms with Gasteiger partial charge in [-0.1, -0.05) is 18.5 Å². The third-order valence-corrected chi connectivity index (χ3v) is 3.70. The highest BCUT2D eigenvalue weighted by molar-refractivity contribution is 9.11. The lowest BCUT2D eigenvalue weighted by Crippen LogP contribution is -2.34. The summed E-state index contributed by atoms with van der Waals surface area (Å²) in [6.07, 6.45) is 0. The molecule has 1 unspecified atom stereocenters. The molecular weight excluding hydrogens is 403 g/mol. The molecule has 0 aliphatic carbocycles. The molecule has 0 fully saturated rings. The standard InChI is InChI=1S/C11H11Br2ClN2O3/c1-5(10(17)18)4-15-11(19)16-9-7(12)2-6(14)3-8(9)13/h2-3,5H,4H2,1H3,(H,17,18)(H2,15,16,19). The first-order valence-electron chi connectivity index (χ1n) is 5.23. The molecule has 3 N–H and O–H groups in total. The molecule has 1 rings (SSSR count). The van der Waals surface area contributed by atoms with Gasteiger partial charge in [-0.25, -0.2) is 4.79 Å². The highest BCUT2D eigenvalue weighted by Crippen LogP contribution is 2.34. The Kier molecular flexibility index (Phi) is 6.09. The largest absolute Gasteiger partial charge is 0.481 e. The Morgan fingerprint density at radius 1 is 1.37 bits per heavy atom. The van der Waals surface area contributed by atoms with E-state index < -0.39 is 17.9 Å². The Bertz CT molecular complexity index is 488. The maximum atomic E-state index is 11.6. The first-order chi connectivity index (χ1) is 8.81. The van der Waals surface area contributed by atoms with Gasteiger partial charge in [0, 0.05) is 20.5 Å². The molecule has 0 aliphatic rings. The first-order valence-corrected chi connectivity index (χ1v) is 7.20. The lowest BCUT2D eigenvalue weighted by molar-refractivity contribution is -0.140. The molecule has 1 atom stereocenters. The Hall–Kier alpha value is -0.790. The summed E-state index contributed by atoms with van der Waals surface area (Å²) >= 11 is 12.4. The van der Waals surface area contributed by atoms with Crippen molar-refractivity contribution in [3.05, 3.63) is 26.1 Å². The second-order valence-corrected chi connectivity index (χ2v) is 5.96. The number of rotatable bonds is 4. The van der Waals surface area contributed by atoms with Gasteiger partial charge in [-0.2, -0.15) is 0 Å². The maximum Gasteiger partial charge on any atom is 0.319 e. The van der Waals surface area contributed by atoms with E-state index in [1.54, 1.807) is 12.1 Å². The van der Waals surface area contributed by atoms with Crippen LogP contribution in [0.2, 0.25) is 5.02 Å². The number of halogens is 3. The molecule has 104 valence electrons. The van der Waals surface area contributed by atoms with Crippen LogP contribution < -0.4 is 10.6 Å². The van der Waals surface area contributed by atoms with Crippen LogP contribution in [-0.4, -0.2) is 23.7 Å². The van der Waals surface area contributed by atoms with E-state index in [0.717, 1.165) is 0 Å². The van der Waals surface area contributed by atoms with E-state index in [4.69, 9.17) is 16.7 Å². The molecule has 1 aromatic carbocycles. The first kappa shape index (κ1) is 16.3. The Balaban J connectivity index is 2.65. The highest BCUT2D eigenvalue weighted by atomic mass is 79.9. The van der Waals surface area contributed by atoms with Gasteiger partial charge < -0.3 is 15.7 Å². The minimum absolute atomic E-state index is 0.0456. The van der Waals surface area contributed by atoms with Crippen LogP contribution in [0.1, 0.15) is 6.92 Å². The molecule has 0 bridgehead atoms. The van der Waals surface area contributed by atoms with Crippen molar-refractivity contribution < 1.29 is 14.7 Å². The SMILES string of the molecule is CC(CNC(=O)Nc1c(Br)cc(Cl)cc1Br)C(=O)O. The van der Waals surface area contributed by atoms with Gasteiger partial charge in [0.1, 0.15) is 0 Å². The van der Waals surface area contributed by atoms with Crippen molar-refractivity contribution in [1.29, 1.82) is 0 Å². The van der Waals surface area contributed by atoms with E-state index in [-0.39, 0.29) is 6.54 Å². The number of carboxylic acids is 1. The van der Waals surface area contributed by atoms with E-state index in [0.29, 0.717) is 19.7 Å². The van der Waals surface area contributed by atoms with Gasteiger partial charge in [0.15, 0.2) is 0 Å². The molecule has 0 heterocycles. The van der Waals surface area contributed by atoms with Gasteiger partial charge in [0.25, 0.3) is 0 Å². The molecule has 2 amide bonds. The summed E-state index contributed by atoms with van der Waals surface area (Å²) in [5.74, 6) is -1.61. The zero-order valence-corrected chi connectivity index (χ0v) is 13.8. The molecule has 5 nitrogen and oxygen atoms in total. The van der Waals surface area contributed by atoms with E-state index >= 15 is 0 Å². The van der Waals surface area contributed by atoms with Crippen LogP contribution in [0.5, 0.6) is 0 Å². The van der Waals surface area contributed by atoms with Gasteiger partial charge in [0.2, 0.25) is 0 Å². The van der Waals surface area contributed by atoms with Crippen LogP contribution in [0, 0.1) is 5.92 Å². The summed E-state index contributed by atoms with van der Waals surface area (Å²) in [6.45, 7) is 1.56. The summed E-state index contributed by atoms with van der Waals surface area (Å²) in [4.78, 5) is 22.3. The summed E-state index contributed by atoms with van der Waals surface area (Å²) < 4.78 is 1.24. The minimum atomic E-state index is -0.964. The van der Waals surface area contributed by atoms with Crippen molar-refractivity contribution in [2.75, 3.05) is 11.9 Å². The number of amides is 2. The molecular formula is C11H11Br2ClN2O3. The van der Waals surface area contributed by atoms with Crippen molar-refractivity contribution in [2.24, 2.45) is 5.92 Å². The summed E-state index contributed by atoms with van der Waals surface area (Å²) in [6, 6.07) is 2.79. The van der Waals surface area contributed by atoms with E-state index in [1.807, 2.05) is 0 Å². The normalized spacial score (nSPS) is 11.8. The highest BCUT2D eigenvalue weighted by Gasteiger charge is 2.14. The van der Waals surface area contributed by atoms with Crippen LogP contribution in [-0.2, 0) is 4.79 Å². The third kappa shape index (κ3) is 5.00. The molecule has 0 saturated carbocycles. The number of urea groups is 1. The molecule has 0 spiro atoms. The monoisotopic (exact) mass is 412 g/mol. The van der Waals surface area contributed by atoms with Gasteiger partial charge in [-0.3, -0.25) is 4.79 Å². The number of carboxylic acid groups (broad SMARTS) is 1. The van der Waals surface area contributed by atoms with Crippen molar-refractivity contribution in [1.82, 2.24) is 5.32 Å². The van der Waals surface area contributed by atoms with Crippen LogP contribution >= 0.6 is 43.5 Å². The van der Waals surface area contributed by atoms with E-state index in [9.17, 15) is 9.59 Å². The fraction of sp³-hybridized carbons (Fsp3) is 0.273. The van der Waals surface area contributed by atoms with E-state index in [1.165, 1.54) is 6.92 Å². The smallest absolute Gasteiger partial charge is 0.319 e. The number of nitrogens with one attached hydrogen (secondary N) is 2. The number of anilines is 1. The zero-order chi connectivity index (χ0) is 14.6. The minimum Gasteiger partial charge on any atom is -0.481 e. The van der Waals surface area contributed by atoms with Crippen molar-refractivity contribution in [3.8, 4) is 0 Å². The predicted molar refractivity (Wildman–Crippen MR) is 80.7 cm³/mol. The lowest BCUT2D eigenvalue weighted by Gasteiger charge is -2.12.